The molecule has 0 amide bonds. The molecule has 0 unspecified atom stereocenters. The number of aliphatic hydroxyl groups excluding tert-OH is 1. The van der Waals surface area contributed by atoms with Crippen molar-refractivity contribution < 1.29 is 9.90 Å². The molecule has 0 radical (unpaired) electrons. The van der Waals surface area contributed by atoms with Crippen LogP contribution in [0.4, 0.5) is 0 Å². The molecular formula is C13H23IO2. The minimum atomic E-state index is -0.442. The standard InChI is InChI=1S/C13H23IO2/c1-13(9-4-2-3-5-10-14)11(15)7-6-8-12(13)16/h11,15H,2-10H2,1H3/t11-,13-/m0/s1. The van der Waals surface area contributed by atoms with Gasteiger partial charge in [0.2, 0.25) is 0 Å². The number of aliphatic hydroxyl groups is 1. The third-order valence-corrected chi connectivity index (χ3v) is 4.60. The fraction of sp³-hybridized carbons (Fsp3) is 0.923. The minimum Gasteiger partial charge on any atom is -0.392 e. The molecule has 3 heteroatoms. The third kappa shape index (κ3) is 3.69. The molecule has 1 N–H and O–H groups in total. The molecule has 1 aliphatic carbocycles. The van der Waals surface area contributed by atoms with Crippen LogP contribution in [0.2, 0.25) is 0 Å². The number of Topliss-reactive ketones (excluding diaryl/α,β-unsaturated/α-hetero) is 1. The van der Waals surface area contributed by atoms with E-state index in [4.69, 9.17) is 0 Å². The first-order chi connectivity index (χ1) is 7.61. The fourth-order valence-electron chi connectivity index (χ4n) is 2.49. The summed E-state index contributed by atoms with van der Waals surface area (Å²) in [5.41, 5.74) is -0.442. The molecule has 1 saturated carbocycles. The van der Waals surface area contributed by atoms with Crippen LogP contribution >= 0.6 is 22.6 Å². The summed E-state index contributed by atoms with van der Waals surface area (Å²) in [5, 5.41) is 9.98. The number of alkyl halides is 1. The Morgan fingerprint density at radius 3 is 2.69 bits per heavy atom. The highest BCUT2D eigenvalue weighted by Crippen LogP contribution is 2.37. The molecule has 1 aliphatic rings. The molecule has 16 heavy (non-hydrogen) atoms. The van der Waals surface area contributed by atoms with Crippen LogP contribution in [0.5, 0.6) is 0 Å². The Balaban J connectivity index is 2.34. The van der Waals surface area contributed by atoms with Gasteiger partial charge in [-0.05, 0) is 30.1 Å². The zero-order chi connectivity index (χ0) is 12.0. The molecular weight excluding hydrogens is 315 g/mol. The second-order valence-electron chi connectivity index (χ2n) is 5.10. The molecule has 1 fully saturated rings. The van der Waals surface area contributed by atoms with Crippen LogP contribution in [0.1, 0.15) is 58.3 Å². The van der Waals surface area contributed by atoms with Crippen LogP contribution < -0.4 is 0 Å². The highest BCUT2D eigenvalue weighted by molar-refractivity contribution is 14.1. The smallest absolute Gasteiger partial charge is 0.141 e. The van der Waals surface area contributed by atoms with Gasteiger partial charge < -0.3 is 5.11 Å². The van der Waals surface area contributed by atoms with Gasteiger partial charge in [0.25, 0.3) is 0 Å². The van der Waals surface area contributed by atoms with E-state index in [0.29, 0.717) is 6.42 Å². The van der Waals surface area contributed by atoms with Gasteiger partial charge in [0.15, 0.2) is 0 Å². The Labute approximate surface area is 112 Å². The predicted molar refractivity (Wildman–Crippen MR) is 74.9 cm³/mol. The van der Waals surface area contributed by atoms with Crippen LogP contribution in [0.15, 0.2) is 0 Å². The number of hydrogen-bond donors (Lipinski definition) is 1. The van der Waals surface area contributed by atoms with E-state index < -0.39 is 11.5 Å². The van der Waals surface area contributed by atoms with Crippen LogP contribution in [0, 0.1) is 5.41 Å². The number of unbranched alkanes of at least 4 members (excludes halogenated alkanes) is 3. The molecule has 1 rings (SSSR count). The van der Waals surface area contributed by atoms with Gasteiger partial charge in [0, 0.05) is 6.42 Å². The molecule has 2 nitrogen and oxygen atoms in total. The van der Waals surface area contributed by atoms with Gasteiger partial charge in [-0.1, -0.05) is 48.8 Å². The van der Waals surface area contributed by atoms with Gasteiger partial charge in [0.1, 0.15) is 5.78 Å². The van der Waals surface area contributed by atoms with E-state index in [1.165, 1.54) is 23.7 Å². The first-order valence-corrected chi connectivity index (χ1v) is 7.91. The van der Waals surface area contributed by atoms with Crippen molar-refractivity contribution in [2.45, 2.75) is 64.4 Å². The summed E-state index contributed by atoms with van der Waals surface area (Å²) in [7, 11) is 0. The van der Waals surface area contributed by atoms with E-state index >= 15 is 0 Å². The van der Waals surface area contributed by atoms with Crippen molar-refractivity contribution in [3.05, 3.63) is 0 Å². The molecule has 94 valence electrons. The lowest BCUT2D eigenvalue weighted by Gasteiger charge is -2.37. The fourth-order valence-corrected chi connectivity index (χ4v) is 3.03. The number of ketones is 1. The summed E-state index contributed by atoms with van der Waals surface area (Å²) in [5.74, 6) is 0.278. The van der Waals surface area contributed by atoms with Gasteiger partial charge in [-0.25, -0.2) is 0 Å². The number of hydrogen-bond acceptors (Lipinski definition) is 2. The average Bonchev–Trinajstić information content (AvgIpc) is 2.26. The Hall–Kier alpha value is 0.360. The second kappa shape index (κ2) is 6.94. The van der Waals surface area contributed by atoms with E-state index in [9.17, 15) is 9.90 Å². The molecule has 0 aromatic carbocycles. The third-order valence-electron chi connectivity index (χ3n) is 3.83. The Kier molecular flexibility index (Phi) is 6.26. The van der Waals surface area contributed by atoms with Crippen molar-refractivity contribution in [1.29, 1.82) is 0 Å². The first-order valence-electron chi connectivity index (χ1n) is 6.38. The maximum Gasteiger partial charge on any atom is 0.141 e. The number of rotatable bonds is 6. The molecule has 0 aromatic heterocycles. The number of carbonyl (C=O) groups excluding carboxylic acids is 1. The molecule has 0 aromatic rings. The van der Waals surface area contributed by atoms with Gasteiger partial charge in [-0.15, -0.1) is 0 Å². The van der Waals surface area contributed by atoms with E-state index in [-0.39, 0.29) is 5.78 Å². The molecule has 0 bridgehead atoms. The van der Waals surface area contributed by atoms with E-state index in [1.807, 2.05) is 6.92 Å². The lowest BCUT2D eigenvalue weighted by atomic mass is 9.69. The van der Waals surface area contributed by atoms with Gasteiger partial charge in [0.05, 0.1) is 11.5 Å². The van der Waals surface area contributed by atoms with Crippen LogP contribution in [-0.2, 0) is 4.79 Å². The molecule has 0 heterocycles. The highest BCUT2D eigenvalue weighted by atomic mass is 127. The number of halogens is 1. The maximum atomic E-state index is 11.9. The van der Waals surface area contributed by atoms with Crippen molar-refractivity contribution in [3.63, 3.8) is 0 Å². The summed E-state index contributed by atoms with van der Waals surface area (Å²) in [4.78, 5) is 11.9. The Bertz CT molecular complexity index is 230. The van der Waals surface area contributed by atoms with Crippen molar-refractivity contribution in [1.82, 2.24) is 0 Å². The van der Waals surface area contributed by atoms with Gasteiger partial charge in [-0.2, -0.15) is 0 Å². The summed E-state index contributed by atoms with van der Waals surface area (Å²) < 4.78 is 1.22. The normalized spacial score (nSPS) is 30.7. The number of carbonyl (C=O) groups is 1. The van der Waals surface area contributed by atoms with Gasteiger partial charge in [-0.3, -0.25) is 4.79 Å². The summed E-state index contributed by atoms with van der Waals surface area (Å²) in [6.07, 6.45) is 7.60. The lowest BCUT2D eigenvalue weighted by molar-refractivity contribution is -0.139. The SMILES string of the molecule is C[C@@]1(CCCCCCI)C(=O)CCC[C@@H]1O. The zero-order valence-electron chi connectivity index (χ0n) is 10.2. The average molecular weight is 338 g/mol. The van der Waals surface area contributed by atoms with E-state index in [2.05, 4.69) is 22.6 Å². The minimum absolute atomic E-state index is 0.278. The van der Waals surface area contributed by atoms with Crippen molar-refractivity contribution in [2.75, 3.05) is 4.43 Å². The summed E-state index contributed by atoms with van der Waals surface area (Å²) in [6.45, 7) is 1.96. The molecule has 0 spiro atoms. The van der Waals surface area contributed by atoms with E-state index in [0.717, 1.165) is 25.7 Å². The van der Waals surface area contributed by atoms with Crippen molar-refractivity contribution in [3.8, 4) is 0 Å². The maximum absolute atomic E-state index is 11.9. The largest absolute Gasteiger partial charge is 0.392 e. The molecule has 0 saturated heterocycles. The summed E-state index contributed by atoms with van der Waals surface area (Å²) >= 11 is 2.40. The van der Waals surface area contributed by atoms with Crippen LogP contribution in [0.3, 0.4) is 0 Å². The summed E-state index contributed by atoms with van der Waals surface area (Å²) in [6, 6.07) is 0. The monoisotopic (exact) mass is 338 g/mol. The first kappa shape index (κ1) is 14.4. The Morgan fingerprint density at radius 1 is 1.38 bits per heavy atom. The second-order valence-corrected chi connectivity index (χ2v) is 6.18. The predicted octanol–water partition coefficient (Wildman–Crippen LogP) is 3.49. The topological polar surface area (TPSA) is 37.3 Å². The van der Waals surface area contributed by atoms with Crippen LogP contribution in [0.25, 0.3) is 0 Å². The highest BCUT2D eigenvalue weighted by Gasteiger charge is 2.41. The molecule has 0 aliphatic heterocycles. The van der Waals surface area contributed by atoms with E-state index in [1.54, 1.807) is 0 Å². The van der Waals surface area contributed by atoms with Crippen molar-refractivity contribution in [2.24, 2.45) is 5.41 Å². The Morgan fingerprint density at radius 2 is 2.06 bits per heavy atom. The zero-order valence-corrected chi connectivity index (χ0v) is 12.3. The lowest BCUT2D eigenvalue weighted by Crippen LogP contribution is -2.43. The van der Waals surface area contributed by atoms with Crippen molar-refractivity contribution >= 4 is 28.4 Å². The quantitative estimate of drug-likeness (QED) is 0.457. The van der Waals surface area contributed by atoms with Crippen LogP contribution in [-0.4, -0.2) is 21.4 Å². The molecule has 2 atom stereocenters. The van der Waals surface area contributed by atoms with Gasteiger partial charge >= 0.3 is 0 Å².